The van der Waals surface area contributed by atoms with Crippen molar-refractivity contribution < 1.29 is 0 Å². The summed E-state index contributed by atoms with van der Waals surface area (Å²) in [6.07, 6.45) is 0. The average molecular weight is 612 g/mol. The van der Waals surface area contributed by atoms with E-state index in [0.29, 0.717) is 11.1 Å². The second-order valence-corrected chi connectivity index (χ2v) is 11.9. The highest BCUT2D eigenvalue weighted by Gasteiger charge is 2.18. The third kappa shape index (κ3) is 4.20. The van der Waals surface area contributed by atoms with Crippen LogP contribution in [0.5, 0.6) is 0 Å². The molecule has 5 heteroatoms. The van der Waals surface area contributed by atoms with Gasteiger partial charge in [-0.05, 0) is 72.8 Å². The van der Waals surface area contributed by atoms with Crippen molar-refractivity contribution in [1.82, 2.24) is 14.1 Å². The van der Waals surface area contributed by atoms with Crippen LogP contribution in [-0.4, -0.2) is 14.1 Å². The Morgan fingerprint density at radius 1 is 0.438 bits per heavy atom. The van der Waals surface area contributed by atoms with Crippen molar-refractivity contribution in [2.45, 2.75) is 0 Å². The van der Waals surface area contributed by atoms with Gasteiger partial charge in [-0.2, -0.15) is 10.5 Å². The van der Waals surface area contributed by atoms with Crippen molar-refractivity contribution in [3.8, 4) is 46.0 Å². The predicted molar refractivity (Wildman–Crippen MR) is 193 cm³/mol. The number of aromatic nitrogens is 3. The Morgan fingerprint density at radius 3 is 1.60 bits per heavy atom. The molecule has 0 saturated heterocycles. The third-order valence-corrected chi connectivity index (χ3v) is 9.17. The number of para-hydroxylation sites is 3. The smallest absolute Gasteiger partial charge is 0.0998 e. The summed E-state index contributed by atoms with van der Waals surface area (Å²) in [5, 5.41) is 24.0. The van der Waals surface area contributed by atoms with Gasteiger partial charge in [0.2, 0.25) is 0 Å². The Morgan fingerprint density at radius 2 is 0.979 bits per heavy atom. The monoisotopic (exact) mass is 611 g/mol. The molecule has 0 atom stereocenters. The van der Waals surface area contributed by atoms with Crippen molar-refractivity contribution >= 4 is 43.6 Å². The molecule has 0 unspecified atom stereocenters. The third-order valence-electron chi connectivity index (χ3n) is 9.17. The fourth-order valence-electron chi connectivity index (χ4n) is 7.07. The SMILES string of the molecule is N#Cc1ccc2c(c1)c1ccccc1n2-c1cc(-c2cccc(-c3ccccc3C#N)n2)cc(-n2c3ccccc3c3ccccc32)c1. The van der Waals surface area contributed by atoms with Gasteiger partial charge < -0.3 is 9.13 Å². The van der Waals surface area contributed by atoms with E-state index in [9.17, 15) is 10.5 Å². The molecule has 3 heterocycles. The van der Waals surface area contributed by atoms with Crippen LogP contribution in [0.25, 0.3) is 77.5 Å². The first-order chi connectivity index (χ1) is 23.7. The number of fused-ring (bicyclic) bond motifs is 6. The summed E-state index contributed by atoms with van der Waals surface area (Å²) in [5.41, 5.74) is 10.8. The van der Waals surface area contributed by atoms with Crippen LogP contribution in [-0.2, 0) is 0 Å². The second-order valence-electron chi connectivity index (χ2n) is 11.9. The molecule has 9 rings (SSSR count). The number of nitriles is 2. The summed E-state index contributed by atoms with van der Waals surface area (Å²) in [5.74, 6) is 0. The van der Waals surface area contributed by atoms with Crippen LogP contribution in [0, 0.1) is 22.7 Å². The first-order valence-corrected chi connectivity index (χ1v) is 15.8. The maximum Gasteiger partial charge on any atom is 0.0998 e. The van der Waals surface area contributed by atoms with Crippen LogP contribution in [0.3, 0.4) is 0 Å². The molecule has 0 bridgehead atoms. The van der Waals surface area contributed by atoms with Gasteiger partial charge in [-0.1, -0.05) is 78.9 Å². The summed E-state index contributed by atoms with van der Waals surface area (Å²) in [4.78, 5) is 5.13. The lowest BCUT2D eigenvalue weighted by Gasteiger charge is -2.16. The lowest BCUT2D eigenvalue weighted by atomic mass is 10.0. The van der Waals surface area contributed by atoms with E-state index in [0.717, 1.165) is 66.7 Å². The number of hydrogen-bond donors (Lipinski definition) is 0. The molecule has 0 radical (unpaired) electrons. The van der Waals surface area contributed by atoms with Crippen LogP contribution >= 0.6 is 0 Å². The summed E-state index contributed by atoms with van der Waals surface area (Å²) in [7, 11) is 0. The summed E-state index contributed by atoms with van der Waals surface area (Å²) < 4.78 is 4.61. The van der Waals surface area contributed by atoms with Gasteiger partial charge in [0.15, 0.2) is 0 Å². The van der Waals surface area contributed by atoms with Crippen molar-refractivity contribution in [3.63, 3.8) is 0 Å². The molecule has 6 aromatic carbocycles. The molecule has 0 N–H and O–H groups in total. The highest BCUT2D eigenvalue weighted by atomic mass is 15.0. The minimum atomic E-state index is 0.587. The van der Waals surface area contributed by atoms with Crippen LogP contribution in [0.2, 0.25) is 0 Å². The summed E-state index contributed by atoms with van der Waals surface area (Å²) in [6.45, 7) is 0. The first-order valence-electron chi connectivity index (χ1n) is 15.8. The first kappa shape index (κ1) is 27.4. The van der Waals surface area contributed by atoms with E-state index in [4.69, 9.17) is 4.98 Å². The van der Waals surface area contributed by atoms with Crippen LogP contribution < -0.4 is 0 Å². The zero-order valence-electron chi connectivity index (χ0n) is 25.7. The lowest BCUT2D eigenvalue weighted by Crippen LogP contribution is -2.01. The zero-order valence-corrected chi connectivity index (χ0v) is 25.7. The fourth-order valence-corrected chi connectivity index (χ4v) is 7.07. The highest BCUT2D eigenvalue weighted by molar-refractivity contribution is 6.11. The number of hydrogen-bond acceptors (Lipinski definition) is 3. The highest BCUT2D eigenvalue weighted by Crippen LogP contribution is 2.38. The quantitative estimate of drug-likeness (QED) is 0.199. The molecule has 0 aliphatic rings. The van der Waals surface area contributed by atoms with Gasteiger partial charge in [0.05, 0.1) is 56.7 Å². The Hall–Kier alpha value is -6.95. The molecule has 0 aliphatic carbocycles. The molecule has 0 amide bonds. The van der Waals surface area contributed by atoms with Gasteiger partial charge in [0.1, 0.15) is 0 Å². The molecule has 0 spiro atoms. The maximum atomic E-state index is 9.83. The van der Waals surface area contributed by atoms with Gasteiger partial charge in [0.25, 0.3) is 0 Å². The van der Waals surface area contributed by atoms with E-state index in [1.54, 1.807) is 0 Å². The summed E-state index contributed by atoms with van der Waals surface area (Å²) in [6, 6.07) is 56.1. The summed E-state index contributed by atoms with van der Waals surface area (Å²) >= 11 is 0. The molecular weight excluding hydrogens is 587 g/mol. The average Bonchev–Trinajstić information content (AvgIpc) is 3.67. The number of nitrogens with zero attached hydrogens (tertiary/aromatic N) is 5. The number of benzene rings is 6. The number of pyridine rings is 1. The maximum absolute atomic E-state index is 9.83. The predicted octanol–water partition coefficient (Wildman–Crippen LogP) is 10.4. The van der Waals surface area contributed by atoms with Gasteiger partial charge in [0, 0.05) is 44.0 Å². The van der Waals surface area contributed by atoms with Crippen molar-refractivity contribution in [2.75, 3.05) is 0 Å². The molecule has 48 heavy (non-hydrogen) atoms. The van der Waals surface area contributed by atoms with Crippen molar-refractivity contribution in [2.24, 2.45) is 0 Å². The Balaban J connectivity index is 1.37. The van der Waals surface area contributed by atoms with Crippen LogP contribution in [0.1, 0.15) is 11.1 Å². The van der Waals surface area contributed by atoms with Gasteiger partial charge in [-0.25, -0.2) is 4.98 Å². The molecule has 0 fully saturated rings. The van der Waals surface area contributed by atoms with Crippen molar-refractivity contribution in [1.29, 1.82) is 10.5 Å². The molecular formula is C43H25N5. The molecule has 9 aromatic rings. The van der Waals surface area contributed by atoms with Crippen molar-refractivity contribution in [3.05, 3.63) is 163 Å². The second kappa shape index (κ2) is 10.8. The minimum Gasteiger partial charge on any atom is -0.309 e. The van der Waals surface area contributed by atoms with Gasteiger partial charge in [-0.15, -0.1) is 0 Å². The lowest BCUT2D eigenvalue weighted by molar-refractivity contribution is 1.13. The van der Waals surface area contributed by atoms with E-state index in [1.165, 1.54) is 10.8 Å². The molecule has 5 nitrogen and oxygen atoms in total. The topological polar surface area (TPSA) is 70.3 Å². The standard InChI is InChI=1S/C43H25N5/c44-26-28-20-21-43-37(22-28)36-14-5-8-19-42(36)48(43)32-24-30(38-15-9-16-39(46-38)33-11-2-1-10-29(33)27-45)23-31(25-32)47-40-17-6-3-12-34(40)35-13-4-7-18-41(35)47/h1-25H. The fraction of sp³-hybridized carbons (Fsp3) is 0. The van der Waals surface area contributed by atoms with E-state index in [-0.39, 0.29) is 0 Å². The Bertz CT molecular complexity index is 2770. The molecule has 0 saturated carbocycles. The van der Waals surface area contributed by atoms with E-state index in [2.05, 4.69) is 106 Å². The van der Waals surface area contributed by atoms with E-state index >= 15 is 0 Å². The Kier molecular flexibility index (Phi) is 6.18. The molecule has 0 aliphatic heterocycles. The zero-order chi connectivity index (χ0) is 32.2. The van der Waals surface area contributed by atoms with Crippen LogP contribution in [0.4, 0.5) is 0 Å². The number of rotatable bonds is 4. The van der Waals surface area contributed by atoms with E-state index < -0.39 is 0 Å². The van der Waals surface area contributed by atoms with Gasteiger partial charge in [-0.3, -0.25) is 0 Å². The van der Waals surface area contributed by atoms with Gasteiger partial charge >= 0.3 is 0 Å². The minimum absolute atomic E-state index is 0.587. The normalized spacial score (nSPS) is 11.3. The largest absolute Gasteiger partial charge is 0.309 e. The van der Waals surface area contributed by atoms with E-state index in [1.807, 2.05) is 66.7 Å². The Labute approximate surface area is 276 Å². The molecule has 3 aromatic heterocycles. The van der Waals surface area contributed by atoms with Crippen LogP contribution in [0.15, 0.2) is 152 Å². The molecule has 222 valence electrons.